The number of aliphatic hydroxyl groups excluding tert-OH is 3. The molecule has 7 nitrogen and oxygen atoms in total. The normalized spacial score (nSPS) is 15.5. The van der Waals surface area contributed by atoms with E-state index in [-0.39, 0.29) is 24.7 Å². The van der Waals surface area contributed by atoms with E-state index in [1.54, 1.807) is 12.1 Å². The maximum absolute atomic E-state index is 12.2. The van der Waals surface area contributed by atoms with Crippen molar-refractivity contribution in [1.29, 1.82) is 0 Å². The van der Waals surface area contributed by atoms with Crippen molar-refractivity contribution in [1.82, 2.24) is 0 Å². The van der Waals surface area contributed by atoms with Crippen LogP contribution in [0.4, 0.5) is 0 Å². The van der Waals surface area contributed by atoms with Gasteiger partial charge in [-0.3, -0.25) is 0 Å². The number of phenolic OH excluding ortho intramolecular Hbond substituents is 1. The first-order valence-corrected chi connectivity index (χ1v) is 6.52. The Morgan fingerprint density at radius 3 is 2.33 bits per heavy atom. The lowest BCUT2D eigenvalue weighted by atomic mass is 9.78. The van der Waals surface area contributed by atoms with Gasteiger partial charge in [-0.15, -0.1) is 0 Å². The van der Waals surface area contributed by atoms with E-state index in [9.17, 15) is 25.2 Å². The van der Waals surface area contributed by atoms with Crippen LogP contribution in [-0.2, 0) is 4.79 Å². The third kappa shape index (κ3) is 3.70. The van der Waals surface area contributed by atoms with Gasteiger partial charge in [0.25, 0.3) is 0 Å². The lowest BCUT2D eigenvalue weighted by Gasteiger charge is -2.35. The SMILES string of the molecule is CC(C(CO)CO)C(N)(CO)C(=O)Oc1ccccc1O. The second-order valence-electron chi connectivity index (χ2n) is 4.97. The van der Waals surface area contributed by atoms with Crippen LogP contribution in [0.3, 0.4) is 0 Å². The summed E-state index contributed by atoms with van der Waals surface area (Å²) in [5.41, 5.74) is 4.10. The molecular formula is C14H21NO6. The number of ether oxygens (including phenoxy) is 1. The predicted molar refractivity (Wildman–Crippen MR) is 74.6 cm³/mol. The van der Waals surface area contributed by atoms with Gasteiger partial charge >= 0.3 is 5.97 Å². The Morgan fingerprint density at radius 2 is 1.86 bits per heavy atom. The fourth-order valence-electron chi connectivity index (χ4n) is 1.93. The Balaban J connectivity index is 2.97. The molecule has 0 spiro atoms. The lowest BCUT2D eigenvalue weighted by Crippen LogP contribution is -2.60. The van der Waals surface area contributed by atoms with E-state index in [2.05, 4.69) is 0 Å². The van der Waals surface area contributed by atoms with E-state index in [1.165, 1.54) is 19.1 Å². The zero-order valence-electron chi connectivity index (χ0n) is 11.8. The van der Waals surface area contributed by atoms with Crippen molar-refractivity contribution < 1.29 is 30.0 Å². The number of aliphatic hydroxyl groups is 3. The molecule has 1 aromatic rings. The van der Waals surface area contributed by atoms with Crippen LogP contribution in [0.1, 0.15) is 6.92 Å². The zero-order chi connectivity index (χ0) is 16.0. The van der Waals surface area contributed by atoms with Crippen LogP contribution in [0.25, 0.3) is 0 Å². The molecule has 21 heavy (non-hydrogen) atoms. The Bertz CT molecular complexity index is 476. The summed E-state index contributed by atoms with van der Waals surface area (Å²) in [7, 11) is 0. The van der Waals surface area contributed by atoms with Gasteiger partial charge in [0.2, 0.25) is 0 Å². The number of nitrogens with two attached hydrogens (primary N) is 1. The average molecular weight is 299 g/mol. The second kappa shape index (κ2) is 7.37. The number of carbonyl (C=O) groups is 1. The number of phenols is 1. The molecule has 1 rings (SSSR count). The Hall–Kier alpha value is -1.67. The van der Waals surface area contributed by atoms with Gasteiger partial charge in [-0.05, 0) is 18.1 Å². The topological polar surface area (TPSA) is 133 Å². The molecule has 0 radical (unpaired) electrons. The van der Waals surface area contributed by atoms with E-state index >= 15 is 0 Å². The lowest BCUT2D eigenvalue weighted by molar-refractivity contribution is -0.146. The summed E-state index contributed by atoms with van der Waals surface area (Å²) in [6.45, 7) is 0.0253. The molecule has 0 bridgehead atoms. The zero-order valence-corrected chi connectivity index (χ0v) is 11.8. The van der Waals surface area contributed by atoms with Crippen molar-refractivity contribution >= 4 is 5.97 Å². The molecule has 0 saturated carbocycles. The van der Waals surface area contributed by atoms with Crippen molar-refractivity contribution in [3.8, 4) is 11.5 Å². The molecule has 0 aliphatic heterocycles. The fraction of sp³-hybridized carbons (Fsp3) is 0.500. The van der Waals surface area contributed by atoms with E-state index in [0.717, 1.165) is 0 Å². The van der Waals surface area contributed by atoms with Crippen molar-refractivity contribution in [3.05, 3.63) is 24.3 Å². The minimum Gasteiger partial charge on any atom is -0.504 e. The number of hydrogen-bond acceptors (Lipinski definition) is 7. The summed E-state index contributed by atoms with van der Waals surface area (Å²) in [5, 5.41) is 37.4. The molecular weight excluding hydrogens is 278 g/mol. The first kappa shape index (κ1) is 17.4. The van der Waals surface area contributed by atoms with E-state index in [1.807, 2.05) is 0 Å². The predicted octanol–water partition coefficient (Wildman–Crippen LogP) is -0.776. The Kier molecular flexibility index (Phi) is 6.10. The van der Waals surface area contributed by atoms with Crippen molar-refractivity contribution in [2.75, 3.05) is 19.8 Å². The van der Waals surface area contributed by atoms with Gasteiger partial charge in [-0.2, -0.15) is 0 Å². The van der Waals surface area contributed by atoms with Gasteiger partial charge in [0.05, 0.1) is 6.61 Å². The van der Waals surface area contributed by atoms with E-state index < -0.39 is 30.0 Å². The summed E-state index contributed by atoms with van der Waals surface area (Å²) >= 11 is 0. The molecule has 118 valence electrons. The number of benzene rings is 1. The van der Waals surface area contributed by atoms with E-state index in [0.29, 0.717) is 0 Å². The van der Waals surface area contributed by atoms with Crippen LogP contribution in [0.15, 0.2) is 24.3 Å². The van der Waals surface area contributed by atoms with Gasteiger partial charge in [0.15, 0.2) is 11.5 Å². The summed E-state index contributed by atoms with van der Waals surface area (Å²) in [4.78, 5) is 12.2. The Labute approximate surface area is 122 Å². The minimum atomic E-state index is -1.81. The molecule has 0 saturated heterocycles. The highest BCUT2D eigenvalue weighted by Gasteiger charge is 2.44. The number of para-hydroxylation sites is 2. The first-order valence-electron chi connectivity index (χ1n) is 6.52. The number of aromatic hydroxyl groups is 1. The molecule has 0 amide bonds. The second-order valence-corrected chi connectivity index (χ2v) is 4.97. The summed E-state index contributed by atoms with van der Waals surface area (Å²) in [6.07, 6.45) is 0. The van der Waals surface area contributed by atoms with Gasteiger partial charge in [0.1, 0.15) is 5.54 Å². The molecule has 7 heteroatoms. The third-order valence-corrected chi connectivity index (χ3v) is 3.70. The number of carbonyl (C=O) groups excluding carboxylic acids is 1. The van der Waals surface area contributed by atoms with Crippen LogP contribution in [-0.4, -0.2) is 51.8 Å². The maximum atomic E-state index is 12.2. The molecule has 0 heterocycles. The summed E-state index contributed by atoms with van der Waals surface area (Å²) in [5.74, 6) is -2.69. The molecule has 0 aliphatic carbocycles. The molecule has 0 fully saturated rings. The standard InChI is InChI=1S/C14H21NO6/c1-9(10(6-16)7-17)14(15,8-18)13(20)21-12-5-3-2-4-11(12)19/h2-5,9-10,16-19H,6-8,15H2,1H3. The molecule has 2 unspecified atom stereocenters. The maximum Gasteiger partial charge on any atom is 0.334 e. The highest BCUT2D eigenvalue weighted by molar-refractivity contribution is 5.83. The Morgan fingerprint density at radius 1 is 1.29 bits per heavy atom. The number of rotatable bonds is 7. The monoisotopic (exact) mass is 299 g/mol. The molecule has 0 aromatic heterocycles. The number of hydrogen-bond donors (Lipinski definition) is 5. The molecule has 6 N–H and O–H groups in total. The third-order valence-electron chi connectivity index (χ3n) is 3.70. The van der Waals surface area contributed by atoms with Crippen molar-refractivity contribution in [2.45, 2.75) is 12.5 Å². The highest BCUT2D eigenvalue weighted by atomic mass is 16.5. The van der Waals surface area contributed by atoms with Crippen molar-refractivity contribution in [3.63, 3.8) is 0 Å². The quantitative estimate of drug-likeness (QED) is 0.329. The summed E-state index contributed by atoms with van der Waals surface area (Å²) < 4.78 is 5.02. The van der Waals surface area contributed by atoms with Crippen LogP contribution >= 0.6 is 0 Å². The first-order chi connectivity index (χ1) is 9.90. The van der Waals surface area contributed by atoms with Crippen LogP contribution in [0.5, 0.6) is 11.5 Å². The average Bonchev–Trinajstić information content (AvgIpc) is 2.49. The van der Waals surface area contributed by atoms with Crippen molar-refractivity contribution in [2.24, 2.45) is 17.6 Å². The van der Waals surface area contributed by atoms with E-state index in [4.69, 9.17) is 10.5 Å². The fourth-order valence-corrected chi connectivity index (χ4v) is 1.93. The van der Waals surface area contributed by atoms with Crippen LogP contribution in [0, 0.1) is 11.8 Å². The summed E-state index contributed by atoms with van der Waals surface area (Å²) in [6, 6.07) is 5.84. The highest BCUT2D eigenvalue weighted by Crippen LogP contribution is 2.29. The van der Waals surface area contributed by atoms with Gasteiger partial charge < -0.3 is 30.9 Å². The smallest absolute Gasteiger partial charge is 0.334 e. The van der Waals surface area contributed by atoms with Gasteiger partial charge in [-0.25, -0.2) is 4.79 Å². The van der Waals surface area contributed by atoms with Crippen LogP contribution in [0.2, 0.25) is 0 Å². The molecule has 1 aromatic carbocycles. The van der Waals surface area contributed by atoms with Gasteiger partial charge in [-0.1, -0.05) is 19.1 Å². The van der Waals surface area contributed by atoms with Gasteiger partial charge in [0, 0.05) is 19.1 Å². The van der Waals surface area contributed by atoms with Crippen LogP contribution < -0.4 is 10.5 Å². The largest absolute Gasteiger partial charge is 0.504 e. The number of esters is 1. The molecule has 2 atom stereocenters. The molecule has 0 aliphatic rings. The minimum absolute atomic E-state index is 0.0810.